The minimum Gasteiger partial charge on any atom is -0.455 e. The average Bonchev–Trinajstić information content (AvgIpc) is 3.74. The number of aryl methyl sites for hydroxylation is 2. The van der Waals surface area contributed by atoms with Gasteiger partial charge in [0.15, 0.2) is 0 Å². The van der Waals surface area contributed by atoms with Crippen LogP contribution >= 0.6 is 15.9 Å². The number of aliphatic hydroxyl groups is 1. The number of alkyl halides is 1. The molecule has 3 fully saturated rings. The average molecular weight is 793 g/mol. The molecule has 2 aromatic rings. The van der Waals surface area contributed by atoms with Crippen molar-refractivity contribution in [1.82, 2.24) is 9.80 Å². The predicted molar refractivity (Wildman–Crippen MR) is 208 cm³/mol. The van der Waals surface area contributed by atoms with Gasteiger partial charge >= 0.3 is 5.97 Å². The predicted octanol–water partition coefficient (Wildman–Crippen LogP) is 6.08. The molecular formula is C42H54BrN3O7. The number of carbonyl (C=O) groups excluding carboxylic acids is 4. The molecule has 0 aromatic heterocycles. The number of carbonyl (C=O) groups is 4. The van der Waals surface area contributed by atoms with Gasteiger partial charge in [0.25, 0.3) is 5.91 Å². The van der Waals surface area contributed by atoms with Crippen LogP contribution in [0.1, 0.15) is 69.2 Å². The molecule has 0 aliphatic carbocycles. The molecule has 11 heteroatoms. The summed E-state index contributed by atoms with van der Waals surface area (Å²) in [7, 11) is 1.69. The van der Waals surface area contributed by atoms with Crippen LogP contribution in [0.3, 0.4) is 0 Å². The van der Waals surface area contributed by atoms with E-state index >= 15 is 4.79 Å². The Labute approximate surface area is 322 Å². The molecule has 3 aliphatic rings. The Balaban J connectivity index is 1.58. The number of allylic oxidation sites excluding steroid dienone is 1. The smallest absolute Gasteiger partial charge is 0.313 e. The molecular weight excluding hydrogens is 738 g/mol. The van der Waals surface area contributed by atoms with E-state index in [1.807, 2.05) is 83.1 Å². The van der Waals surface area contributed by atoms with Gasteiger partial charge in [0.05, 0.1) is 36.6 Å². The fraction of sp³-hybridized carbons (Fsp3) is 0.524. The molecule has 3 aliphatic heterocycles. The molecule has 10 nitrogen and oxygen atoms in total. The number of fused-ring (bicyclic) bond motifs is 1. The molecule has 53 heavy (non-hydrogen) atoms. The van der Waals surface area contributed by atoms with Crippen LogP contribution in [0, 0.1) is 31.6 Å². The molecule has 2 bridgehead atoms. The fourth-order valence-corrected chi connectivity index (χ4v) is 9.49. The summed E-state index contributed by atoms with van der Waals surface area (Å²) in [6.07, 6.45) is 3.26. The Bertz CT molecular complexity index is 1700. The molecule has 5 rings (SSSR count). The Hall–Kier alpha value is -3.80. The van der Waals surface area contributed by atoms with Gasteiger partial charge in [-0.15, -0.1) is 13.2 Å². The lowest BCUT2D eigenvalue weighted by atomic mass is 9.70. The van der Waals surface area contributed by atoms with Crippen LogP contribution in [0.15, 0.2) is 73.8 Å². The second-order valence-corrected chi connectivity index (χ2v) is 16.4. The summed E-state index contributed by atoms with van der Waals surface area (Å²) in [5, 5.41) is 10.8. The van der Waals surface area contributed by atoms with E-state index in [9.17, 15) is 19.5 Å². The summed E-state index contributed by atoms with van der Waals surface area (Å²) in [5.41, 5.74) is 1.86. The molecule has 9 atom stereocenters. The van der Waals surface area contributed by atoms with Gasteiger partial charge in [0.1, 0.15) is 17.7 Å². The number of hydrogen-bond acceptors (Lipinski definition) is 7. The Morgan fingerprint density at radius 2 is 1.81 bits per heavy atom. The van der Waals surface area contributed by atoms with Gasteiger partial charge in [-0.2, -0.15) is 0 Å². The number of anilines is 1. The topological polar surface area (TPSA) is 117 Å². The normalized spacial score (nSPS) is 26.2. The molecule has 286 valence electrons. The van der Waals surface area contributed by atoms with Gasteiger partial charge in [-0.05, 0) is 68.7 Å². The zero-order valence-corrected chi connectivity index (χ0v) is 33.3. The number of esters is 1. The zero-order chi connectivity index (χ0) is 38.8. The van der Waals surface area contributed by atoms with E-state index in [1.165, 1.54) is 4.90 Å². The zero-order valence-electron chi connectivity index (χ0n) is 31.7. The van der Waals surface area contributed by atoms with Crippen molar-refractivity contribution in [1.29, 1.82) is 0 Å². The maximum Gasteiger partial charge on any atom is 0.313 e. The quantitative estimate of drug-likeness (QED) is 0.125. The highest BCUT2D eigenvalue weighted by molar-refractivity contribution is 9.09. The number of amides is 3. The Kier molecular flexibility index (Phi) is 12.7. The van der Waals surface area contributed by atoms with Gasteiger partial charge in [0.2, 0.25) is 11.8 Å². The first-order chi connectivity index (χ1) is 25.2. The number of rotatable bonds is 16. The van der Waals surface area contributed by atoms with Gasteiger partial charge in [0, 0.05) is 30.5 Å². The van der Waals surface area contributed by atoms with Crippen LogP contribution in [0.25, 0.3) is 0 Å². The lowest BCUT2D eigenvalue weighted by molar-refractivity contribution is -0.165. The number of aliphatic hydroxyl groups excluding tert-OH is 1. The Morgan fingerprint density at radius 1 is 1.11 bits per heavy atom. The first-order valence-electron chi connectivity index (χ1n) is 18.6. The van der Waals surface area contributed by atoms with E-state index in [4.69, 9.17) is 9.47 Å². The number of nitrogens with zero attached hydrogens (tertiary/aromatic N) is 3. The maximum absolute atomic E-state index is 15.2. The van der Waals surface area contributed by atoms with Gasteiger partial charge in [-0.1, -0.05) is 84.4 Å². The van der Waals surface area contributed by atoms with Crippen LogP contribution in [-0.4, -0.2) is 93.5 Å². The monoisotopic (exact) mass is 791 g/mol. The SMILES string of the molecule is C=CCCC(=O)N(C)[C@H](C)[C@H](OC(=O)[C@@H]1[C@H]2O[C@@]3(CC2Br)[C@H](C(=O)N(CC=C)c2cc(C)ccc2C)N([C@@H](CO)CC(C)C)C(=O)[C@@H]13)c1ccccc1. The first kappa shape index (κ1) is 40.4. The van der Waals surface area contributed by atoms with E-state index < -0.39 is 59.6 Å². The van der Waals surface area contributed by atoms with Gasteiger partial charge in [-0.3, -0.25) is 19.2 Å². The van der Waals surface area contributed by atoms with Crippen LogP contribution in [-0.2, 0) is 28.7 Å². The highest BCUT2D eigenvalue weighted by atomic mass is 79.9. The molecule has 1 N–H and O–H groups in total. The highest BCUT2D eigenvalue weighted by Gasteiger charge is 2.77. The first-order valence-corrected chi connectivity index (χ1v) is 19.5. The second-order valence-electron chi connectivity index (χ2n) is 15.2. The van der Waals surface area contributed by atoms with E-state index in [2.05, 4.69) is 29.1 Å². The summed E-state index contributed by atoms with van der Waals surface area (Å²) < 4.78 is 13.2. The molecule has 0 radical (unpaired) electrons. The van der Waals surface area contributed by atoms with E-state index in [0.29, 0.717) is 30.5 Å². The van der Waals surface area contributed by atoms with Crippen molar-refractivity contribution in [2.75, 3.05) is 25.1 Å². The molecule has 3 heterocycles. The molecule has 3 amide bonds. The maximum atomic E-state index is 15.2. The van der Waals surface area contributed by atoms with Crippen LogP contribution in [0.2, 0.25) is 0 Å². The van der Waals surface area contributed by atoms with Crippen LogP contribution in [0.4, 0.5) is 5.69 Å². The van der Waals surface area contributed by atoms with Crippen molar-refractivity contribution in [3.05, 3.63) is 90.5 Å². The third-order valence-electron chi connectivity index (χ3n) is 11.2. The van der Waals surface area contributed by atoms with E-state index in [-0.39, 0.29) is 42.1 Å². The minimum atomic E-state index is -1.37. The van der Waals surface area contributed by atoms with E-state index in [1.54, 1.807) is 29.0 Å². The minimum absolute atomic E-state index is 0.0955. The molecule has 2 aromatic carbocycles. The van der Waals surface area contributed by atoms with Crippen molar-refractivity contribution in [2.24, 2.45) is 17.8 Å². The second kappa shape index (κ2) is 16.7. The van der Waals surface area contributed by atoms with Gasteiger partial charge < -0.3 is 29.3 Å². The summed E-state index contributed by atoms with van der Waals surface area (Å²) in [4.78, 5) is 62.3. The van der Waals surface area contributed by atoms with Crippen molar-refractivity contribution < 1.29 is 33.8 Å². The van der Waals surface area contributed by atoms with Crippen LogP contribution < -0.4 is 4.90 Å². The summed E-state index contributed by atoms with van der Waals surface area (Å²) >= 11 is 3.77. The third-order valence-corrected chi connectivity index (χ3v) is 12.0. The van der Waals surface area contributed by atoms with Crippen molar-refractivity contribution >= 4 is 45.3 Å². The largest absolute Gasteiger partial charge is 0.455 e. The Morgan fingerprint density at radius 3 is 2.43 bits per heavy atom. The number of halogens is 1. The summed E-state index contributed by atoms with van der Waals surface area (Å²) in [6.45, 7) is 17.2. The lowest BCUT2D eigenvalue weighted by Crippen LogP contribution is -2.59. The standard InChI is InChI=1S/C42H54BrN3O7/c1-9-11-17-33(48)44(8)28(7)36(29-15-13-12-14-16-29)52-41(51)34-35-39(49)46(30(24-47)21-25(3)4)38(42(35)23-31(43)37(34)53-42)40(50)45(20-10-2)32-22-26(5)18-19-27(32)6/h9-10,12-16,18-19,22,25,28,30-31,34-38,47H,1-2,11,17,20-21,23-24H2,3-8H3/t28-,30-,31?,34+,35-,36+,37+,38+,42-/m1/s1. The number of benzene rings is 2. The summed E-state index contributed by atoms with van der Waals surface area (Å²) in [5.74, 6) is -3.51. The number of likely N-dealkylation sites (N-methyl/N-ethyl adjacent to an activating group) is 1. The number of hydrogen-bond donors (Lipinski definition) is 1. The lowest BCUT2D eigenvalue weighted by Gasteiger charge is -2.40. The number of likely N-dealkylation sites (tertiary alicyclic amines) is 1. The van der Waals surface area contributed by atoms with Gasteiger partial charge in [-0.25, -0.2) is 0 Å². The molecule has 0 saturated carbocycles. The third kappa shape index (κ3) is 7.62. The van der Waals surface area contributed by atoms with Crippen molar-refractivity contribution in [3.63, 3.8) is 0 Å². The van der Waals surface area contributed by atoms with Crippen molar-refractivity contribution in [3.8, 4) is 0 Å². The molecule has 3 saturated heterocycles. The highest BCUT2D eigenvalue weighted by Crippen LogP contribution is 2.61. The molecule has 1 spiro atoms. The van der Waals surface area contributed by atoms with E-state index in [0.717, 1.165) is 11.1 Å². The summed E-state index contributed by atoms with van der Waals surface area (Å²) in [6, 6.07) is 12.7. The van der Waals surface area contributed by atoms with Crippen LogP contribution in [0.5, 0.6) is 0 Å². The molecule has 1 unspecified atom stereocenters. The number of ether oxygens (including phenoxy) is 2. The van der Waals surface area contributed by atoms with Crippen molar-refractivity contribution in [2.45, 2.75) is 101 Å². The fourth-order valence-electron chi connectivity index (χ4n) is 8.55.